The van der Waals surface area contributed by atoms with Crippen molar-refractivity contribution in [2.75, 3.05) is 37.7 Å². The van der Waals surface area contributed by atoms with E-state index in [9.17, 15) is 4.79 Å². The van der Waals surface area contributed by atoms with Crippen LogP contribution in [0.2, 0.25) is 0 Å². The van der Waals surface area contributed by atoms with E-state index in [0.717, 1.165) is 57.0 Å². The van der Waals surface area contributed by atoms with Gasteiger partial charge in [-0.15, -0.1) is 0 Å². The molecule has 4 rings (SSSR count). The van der Waals surface area contributed by atoms with Gasteiger partial charge in [-0.05, 0) is 42.9 Å². The first-order valence-corrected chi connectivity index (χ1v) is 10.1. The first-order chi connectivity index (χ1) is 13.0. The predicted octanol–water partition coefficient (Wildman–Crippen LogP) is 3.49. The molecule has 2 aliphatic heterocycles. The Balaban J connectivity index is 1.53. The monoisotopic (exact) mass is 367 g/mol. The Kier molecular flexibility index (Phi) is 5.04. The molecule has 1 atom stereocenters. The summed E-state index contributed by atoms with van der Waals surface area (Å²) >= 11 is 0. The third-order valence-electron chi connectivity index (χ3n) is 5.81. The summed E-state index contributed by atoms with van der Waals surface area (Å²) in [6.07, 6.45) is 1.64. The molecule has 144 valence electrons. The number of hydrogen-bond donors (Lipinski definition) is 0. The smallest absolute Gasteiger partial charge is 0.251 e. The number of rotatable bonds is 3. The van der Waals surface area contributed by atoms with Gasteiger partial charge in [-0.25, -0.2) is 4.98 Å². The highest BCUT2D eigenvalue weighted by molar-refractivity contribution is 5.87. The lowest BCUT2D eigenvalue weighted by molar-refractivity contribution is -0.141. The van der Waals surface area contributed by atoms with E-state index >= 15 is 0 Å². The average molecular weight is 367 g/mol. The van der Waals surface area contributed by atoms with Crippen LogP contribution in [0.1, 0.15) is 43.7 Å². The minimum absolute atomic E-state index is 0.164. The number of hydrogen-bond acceptors (Lipinski definition) is 4. The van der Waals surface area contributed by atoms with E-state index in [0.29, 0.717) is 5.92 Å². The minimum Gasteiger partial charge on any atom is -0.368 e. The highest BCUT2D eigenvalue weighted by Gasteiger charge is 2.30. The molecular weight excluding hydrogens is 338 g/mol. The molecule has 27 heavy (non-hydrogen) atoms. The summed E-state index contributed by atoms with van der Waals surface area (Å²) < 4.78 is 5.56. The topological polar surface area (TPSA) is 45.7 Å². The van der Waals surface area contributed by atoms with E-state index in [1.807, 2.05) is 4.90 Å². The lowest BCUT2D eigenvalue weighted by Crippen LogP contribution is -2.51. The van der Waals surface area contributed by atoms with Gasteiger partial charge in [0.15, 0.2) is 0 Å². The van der Waals surface area contributed by atoms with Crippen molar-refractivity contribution < 1.29 is 9.53 Å². The lowest BCUT2D eigenvalue weighted by atomic mass is 9.98. The molecule has 0 radical (unpaired) electrons. The van der Waals surface area contributed by atoms with Crippen molar-refractivity contribution in [2.24, 2.45) is 0 Å². The van der Waals surface area contributed by atoms with Crippen LogP contribution in [0, 0.1) is 6.92 Å². The second-order valence-electron chi connectivity index (χ2n) is 8.01. The number of pyridine rings is 1. The highest BCUT2D eigenvalue weighted by Crippen LogP contribution is 2.29. The molecule has 1 aromatic carbocycles. The van der Waals surface area contributed by atoms with Crippen LogP contribution in [0.3, 0.4) is 0 Å². The number of aryl methyl sites for hydroxylation is 1. The van der Waals surface area contributed by atoms with E-state index in [1.165, 1.54) is 16.5 Å². The molecule has 5 heteroatoms. The van der Waals surface area contributed by atoms with Crippen molar-refractivity contribution in [3.8, 4) is 0 Å². The van der Waals surface area contributed by atoms with Crippen molar-refractivity contribution in [2.45, 2.75) is 45.6 Å². The molecule has 0 bridgehead atoms. The fraction of sp³-hybridized carbons (Fsp3) is 0.545. The van der Waals surface area contributed by atoms with Gasteiger partial charge in [0.25, 0.3) is 5.91 Å². The maximum Gasteiger partial charge on any atom is 0.251 e. The Morgan fingerprint density at radius 2 is 2.00 bits per heavy atom. The van der Waals surface area contributed by atoms with Gasteiger partial charge in [0.2, 0.25) is 0 Å². The number of ether oxygens (including phenoxy) is 1. The Labute approximate surface area is 161 Å². The molecule has 0 N–H and O–H groups in total. The van der Waals surface area contributed by atoms with E-state index in [2.05, 4.69) is 49.9 Å². The molecule has 2 aromatic rings. The van der Waals surface area contributed by atoms with Gasteiger partial charge in [0.05, 0.1) is 5.52 Å². The van der Waals surface area contributed by atoms with Crippen molar-refractivity contribution in [1.29, 1.82) is 0 Å². The van der Waals surface area contributed by atoms with Gasteiger partial charge in [0.1, 0.15) is 11.9 Å². The molecule has 5 nitrogen and oxygen atoms in total. The summed E-state index contributed by atoms with van der Waals surface area (Å²) in [6, 6.07) is 8.65. The number of nitrogens with zero attached hydrogens (tertiary/aromatic N) is 3. The first-order valence-electron chi connectivity index (χ1n) is 10.1. The molecule has 0 saturated carbocycles. The highest BCUT2D eigenvalue weighted by atomic mass is 16.5. The SMILES string of the molecule is Cc1cc(N2CCN(C(=O)C3CCCO3)CC2)nc2c(C(C)C)cccc12. The van der Waals surface area contributed by atoms with Gasteiger partial charge in [-0.3, -0.25) is 4.79 Å². The van der Waals surface area contributed by atoms with Gasteiger partial charge < -0.3 is 14.5 Å². The number of amides is 1. The fourth-order valence-corrected chi connectivity index (χ4v) is 4.18. The first kappa shape index (κ1) is 18.2. The standard InChI is InChI=1S/C22H29N3O2/c1-15(2)17-6-4-7-18-16(3)14-20(23-21(17)18)24-9-11-25(12-10-24)22(26)19-8-5-13-27-19/h4,6-7,14-15,19H,5,8-13H2,1-3H3. The summed E-state index contributed by atoms with van der Waals surface area (Å²) in [5, 5.41) is 1.23. The molecule has 1 aromatic heterocycles. The third-order valence-corrected chi connectivity index (χ3v) is 5.81. The number of para-hydroxylation sites is 1. The van der Waals surface area contributed by atoms with Crippen LogP contribution in [-0.4, -0.2) is 54.7 Å². The molecule has 2 fully saturated rings. The van der Waals surface area contributed by atoms with Crippen molar-refractivity contribution in [1.82, 2.24) is 9.88 Å². The van der Waals surface area contributed by atoms with Crippen molar-refractivity contribution in [3.05, 3.63) is 35.4 Å². The number of carbonyl (C=O) groups excluding carboxylic acids is 1. The zero-order valence-electron chi connectivity index (χ0n) is 16.6. The van der Waals surface area contributed by atoms with Gasteiger partial charge >= 0.3 is 0 Å². The van der Waals surface area contributed by atoms with Crippen LogP contribution < -0.4 is 4.90 Å². The summed E-state index contributed by atoms with van der Waals surface area (Å²) in [7, 11) is 0. The molecule has 0 aliphatic carbocycles. The fourth-order valence-electron chi connectivity index (χ4n) is 4.18. The molecule has 1 unspecified atom stereocenters. The zero-order valence-corrected chi connectivity index (χ0v) is 16.6. The van der Waals surface area contributed by atoms with Gasteiger partial charge in [-0.1, -0.05) is 32.0 Å². The number of piperazine rings is 1. The Bertz CT molecular complexity index is 835. The number of fused-ring (bicyclic) bond motifs is 1. The number of anilines is 1. The lowest BCUT2D eigenvalue weighted by Gasteiger charge is -2.36. The predicted molar refractivity (Wildman–Crippen MR) is 108 cm³/mol. The summed E-state index contributed by atoms with van der Waals surface area (Å²) in [5.41, 5.74) is 3.67. The van der Waals surface area contributed by atoms with Crippen molar-refractivity contribution in [3.63, 3.8) is 0 Å². The average Bonchev–Trinajstić information content (AvgIpc) is 3.22. The van der Waals surface area contributed by atoms with Crippen LogP contribution >= 0.6 is 0 Å². The quantitative estimate of drug-likeness (QED) is 0.833. The molecule has 0 spiro atoms. The molecule has 2 saturated heterocycles. The van der Waals surface area contributed by atoms with E-state index in [1.54, 1.807) is 0 Å². The number of benzene rings is 1. The van der Waals surface area contributed by atoms with Crippen LogP contribution in [0.15, 0.2) is 24.3 Å². The second-order valence-corrected chi connectivity index (χ2v) is 8.01. The van der Waals surface area contributed by atoms with Crippen LogP contribution in [0.25, 0.3) is 10.9 Å². The van der Waals surface area contributed by atoms with Gasteiger partial charge in [-0.2, -0.15) is 0 Å². The van der Waals surface area contributed by atoms with Gasteiger partial charge in [0, 0.05) is 38.2 Å². The maximum absolute atomic E-state index is 12.6. The Morgan fingerprint density at radius 3 is 2.67 bits per heavy atom. The van der Waals surface area contributed by atoms with E-state index in [4.69, 9.17) is 9.72 Å². The molecule has 2 aliphatic rings. The summed E-state index contributed by atoms with van der Waals surface area (Å²) in [6.45, 7) is 10.4. The minimum atomic E-state index is -0.216. The maximum atomic E-state index is 12.6. The molecular formula is C22H29N3O2. The third kappa shape index (κ3) is 3.53. The summed E-state index contributed by atoms with van der Waals surface area (Å²) in [5.74, 6) is 1.63. The van der Waals surface area contributed by atoms with E-state index < -0.39 is 0 Å². The van der Waals surface area contributed by atoms with Crippen LogP contribution in [-0.2, 0) is 9.53 Å². The molecule has 1 amide bonds. The van der Waals surface area contributed by atoms with Crippen molar-refractivity contribution >= 4 is 22.6 Å². The largest absolute Gasteiger partial charge is 0.368 e. The number of carbonyl (C=O) groups is 1. The summed E-state index contributed by atoms with van der Waals surface area (Å²) in [4.78, 5) is 21.9. The molecule has 3 heterocycles. The number of aromatic nitrogens is 1. The van der Waals surface area contributed by atoms with Crippen LogP contribution in [0.4, 0.5) is 5.82 Å². The second kappa shape index (κ2) is 7.47. The normalized spacial score (nSPS) is 20.7. The van der Waals surface area contributed by atoms with Crippen LogP contribution in [0.5, 0.6) is 0 Å². The Hall–Kier alpha value is -2.14. The Morgan fingerprint density at radius 1 is 1.22 bits per heavy atom. The van der Waals surface area contributed by atoms with E-state index in [-0.39, 0.29) is 12.0 Å². The zero-order chi connectivity index (χ0) is 19.0.